The van der Waals surface area contributed by atoms with Crippen molar-refractivity contribution in [2.45, 2.75) is 11.4 Å². The average molecular weight is 477 g/mol. The molecule has 0 amide bonds. The molecule has 0 aliphatic heterocycles. The summed E-state index contributed by atoms with van der Waals surface area (Å²) in [6, 6.07) is 12.6. The van der Waals surface area contributed by atoms with Gasteiger partial charge in [-0.15, -0.1) is 0 Å². The number of nitrogens with zero attached hydrogens (tertiary/aromatic N) is 5. The highest BCUT2D eigenvalue weighted by Crippen LogP contribution is 2.19. The van der Waals surface area contributed by atoms with Gasteiger partial charge in [0.05, 0.1) is 34.0 Å². The molecule has 4 aromatic rings. The molecule has 0 spiro atoms. The van der Waals surface area contributed by atoms with Gasteiger partial charge in [0, 0.05) is 18.5 Å². The van der Waals surface area contributed by atoms with Crippen LogP contribution < -0.4 is 10.3 Å². The maximum atomic E-state index is 12.7. The monoisotopic (exact) mass is 476 g/mol. The SMILES string of the molecule is O=c1c(Cl)c(Cl)cnn1-c1ccc(S(=O)(=O)Nc2ccn(Cc3ccccn3)n2)cc1. The van der Waals surface area contributed by atoms with Crippen molar-refractivity contribution in [2.24, 2.45) is 0 Å². The molecule has 0 saturated carbocycles. The molecular formula is C19H14Cl2N6O3S. The van der Waals surface area contributed by atoms with E-state index in [0.29, 0.717) is 12.2 Å². The van der Waals surface area contributed by atoms with Crippen molar-refractivity contribution in [1.29, 1.82) is 0 Å². The van der Waals surface area contributed by atoms with E-state index < -0.39 is 15.6 Å². The first-order valence-corrected chi connectivity index (χ1v) is 11.1. The summed E-state index contributed by atoms with van der Waals surface area (Å²) < 4.78 is 30.4. The number of anilines is 1. The molecule has 4 rings (SSSR count). The van der Waals surface area contributed by atoms with Gasteiger partial charge in [-0.25, -0.2) is 8.42 Å². The molecule has 1 N–H and O–H groups in total. The van der Waals surface area contributed by atoms with Crippen molar-refractivity contribution in [1.82, 2.24) is 24.5 Å². The second kappa shape index (κ2) is 8.50. The number of halogens is 2. The van der Waals surface area contributed by atoms with E-state index in [9.17, 15) is 13.2 Å². The maximum absolute atomic E-state index is 12.7. The van der Waals surface area contributed by atoms with Crippen molar-refractivity contribution in [3.63, 3.8) is 0 Å². The molecule has 31 heavy (non-hydrogen) atoms. The van der Waals surface area contributed by atoms with E-state index in [4.69, 9.17) is 23.2 Å². The minimum Gasteiger partial charge on any atom is -0.266 e. The third kappa shape index (κ3) is 4.61. The normalized spacial score (nSPS) is 11.4. The summed E-state index contributed by atoms with van der Waals surface area (Å²) in [6.07, 6.45) is 4.56. The Balaban J connectivity index is 1.52. The first-order chi connectivity index (χ1) is 14.8. The van der Waals surface area contributed by atoms with Gasteiger partial charge in [0.2, 0.25) is 0 Å². The Kier molecular flexibility index (Phi) is 5.77. The molecular weight excluding hydrogens is 463 g/mol. The summed E-state index contributed by atoms with van der Waals surface area (Å²) in [5, 5.41) is 7.99. The van der Waals surface area contributed by atoms with Crippen LogP contribution >= 0.6 is 23.2 Å². The zero-order chi connectivity index (χ0) is 22.0. The minimum atomic E-state index is -3.89. The fourth-order valence-corrected chi connectivity index (χ4v) is 3.97. The van der Waals surface area contributed by atoms with E-state index in [1.165, 1.54) is 30.5 Å². The van der Waals surface area contributed by atoms with Crippen LogP contribution in [0.3, 0.4) is 0 Å². The van der Waals surface area contributed by atoms with E-state index >= 15 is 0 Å². The standard InChI is InChI=1S/C19H14Cl2N6O3S/c20-16-11-23-27(19(28)18(16)21)14-4-6-15(7-5-14)31(29,30)25-17-8-10-26(24-17)12-13-3-1-2-9-22-13/h1-11H,12H2,(H,24,25). The minimum absolute atomic E-state index is 0.0105. The zero-order valence-electron chi connectivity index (χ0n) is 15.7. The first-order valence-electron chi connectivity index (χ1n) is 8.83. The molecule has 3 aromatic heterocycles. The van der Waals surface area contributed by atoms with Crippen molar-refractivity contribution < 1.29 is 8.42 Å². The van der Waals surface area contributed by atoms with Crippen LogP contribution in [-0.4, -0.2) is 33.0 Å². The van der Waals surface area contributed by atoms with Crippen LogP contribution in [0.5, 0.6) is 0 Å². The van der Waals surface area contributed by atoms with Crippen LogP contribution in [0.2, 0.25) is 10.0 Å². The number of pyridine rings is 1. The highest BCUT2D eigenvalue weighted by atomic mass is 35.5. The van der Waals surface area contributed by atoms with Crippen LogP contribution in [-0.2, 0) is 16.6 Å². The Morgan fingerprint density at radius 2 is 1.81 bits per heavy atom. The molecule has 0 atom stereocenters. The van der Waals surface area contributed by atoms with E-state index in [2.05, 4.69) is 19.9 Å². The van der Waals surface area contributed by atoms with Crippen molar-refractivity contribution in [3.8, 4) is 5.69 Å². The van der Waals surface area contributed by atoms with Gasteiger partial charge < -0.3 is 0 Å². The number of benzene rings is 1. The van der Waals surface area contributed by atoms with E-state index in [-0.39, 0.29) is 20.8 Å². The summed E-state index contributed by atoms with van der Waals surface area (Å²) in [7, 11) is -3.89. The third-order valence-electron chi connectivity index (χ3n) is 4.20. The number of hydrogen-bond donors (Lipinski definition) is 1. The van der Waals surface area contributed by atoms with Gasteiger partial charge in [-0.1, -0.05) is 29.3 Å². The van der Waals surface area contributed by atoms with Gasteiger partial charge in [0.25, 0.3) is 15.6 Å². The smallest absolute Gasteiger partial charge is 0.266 e. The highest BCUT2D eigenvalue weighted by molar-refractivity contribution is 7.92. The van der Waals surface area contributed by atoms with Crippen LogP contribution in [0.4, 0.5) is 5.82 Å². The Morgan fingerprint density at radius 1 is 1.03 bits per heavy atom. The molecule has 0 bridgehead atoms. The average Bonchev–Trinajstić information content (AvgIpc) is 3.19. The predicted octanol–water partition coefficient (Wildman–Crippen LogP) is 2.98. The molecule has 0 fully saturated rings. The highest BCUT2D eigenvalue weighted by Gasteiger charge is 2.17. The van der Waals surface area contributed by atoms with E-state index in [1.54, 1.807) is 23.1 Å². The van der Waals surface area contributed by atoms with E-state index in [1.807, 2.05) is 18.2 Å². The summed E-state index contributed by atoms with van der Waals surface area (Å²) in [4.78, 5) is 16.4. The molecule has 0 radical (unpaired) electrons. The summed E-state index contributed by atoms with van der Waals surface area (Å²) in [5.74, 6) is 0.169. The quantitative estimate of drug-likeness (QED) is 0.457. The number of sulfonamides is 1. The molecule has 0 unspecified atom stereocenters. The van der Waals surface area contributed by atoms with Gasteiger partial charge in [0.1, 0.15) is 5.02 Å². The fourth-order valence-electron chi connectivity index (χ4n) is 2.72. The van der Waals surface area contributed by atoms with Crippen LogP contribution in [0.1, 0.15) is 5.69 Å². The van der Waals surface area contributed by atoms with Crippen molar-refractivity contribution in [2.75, 3.05) is 4.72 Å². The van der Waals surface area contributed by atoms with E-state index in [0.717, 1.165) is 10.4 Å². The molecule has 12 heteroatoms. The molecule has 0 saturated heterocycles. The topological polar surface area (TPSA) is 112 Å². The Hall–Kier alpha value is -3.21. The van der Waals surface area contributed by atoms with Crippen LogP contribution in [0.15, 0.2) is 76.8 Å². The fraction of sp³-hybridized carbons (Fsp3) is 0.0526. The lowest BCUT2D eigenvalue weighted by Crippen LogP contribution is -2.21. The number of aromatic nitrogens is 5. The van der Waals surface area contributed by atoms with Gasteiger partial charge in [-0.2, -0.15) is 14.9 Å². The Bertz CT molecular complexity index is 1390. The predicted molar refractivity (Wildman–Crippen MR) is 116 cm³/mol. The van der Waals surface area contributed by atoms with Crippen molar-refractivity contribution in [3.05, 3.63) is 93.2 Å². The van der Waals surface area contributed by atoms with Crippen LogP contribution in [0.25, 0.3) is 5.69 Å². The van der Waals surface area contributed by atoms with Crippen molar-refractivity contribution >= 4 is 39.0 Å². The first kappa shape index (κ1) is 21.0. The van der Waals surface area contributed by atoms with Gasteiger partial charge in [0.15, 0.2) is 5.82 Å². The zero-order valence-corrected chi connectivity index (χ0v) is 18.0. The van der Waals surface area contributed by atoms with Gasteiger partial charge >= 0.3 is 0 Å². The Labute approximate surface area is 186 Å². The lowest BCUT2D eigenvalue weighted by atomic mass is 10.3. The molecule has 158 valence electrons. The second-order valence-corrected chi connectivity index (χ2v) is 8.81. The summed E-state index contributed by atoms with van der Waals surface area (Å²) in [6.45, 7) is 0.405. The number of rotatable bonds is 6. The molecule has 0 aliphatic rings. The van der Waals surface area contributed by atoms with Crippen LogP contribution in [0, 0.1) is 0 Å². The largest absolute Gasteiger partial charge is 0.291 e. The summed E-state index contributed by atoms with van der Waals surface area (Å²) in [5.41, 5.74) is 0.519. The lowest BCUT2D eigenvalue weighted by molar-refractivity contribution is 0.600. The number of hydrogen-bond acceptors (Lipinski definition) is 6. The number of nitrogens with one attached hydrogen (secondary N) is 1. The molecule has 1 aromatic carbocycles. The Morgan fingerprint density at radius 3 is 2.52 bits per heavy atom. The lowest BCUT2D eigenvalue weighted by Gasteiger charge is -2.08. The maximum Gasteiger partial charge on any atom is 0.291 e. The molecule has 3 heterocycles. The summed E-state index contributed by atoms with van der Waals surface area (Å²) >= 11 is 11.6. The second-order valence-electron chi connectivity index (χ2n) is 6.34. The van der Waals surface area contributed by atoms with Gasteiger partial charge in [-0.05, 0) is 36.4 Å². The third-order valence-corrected chi connectivity index (χ3v) is 6.32. The van der Waals surface area contributed by atoms with Gasteiger partial charge in [-0.3, -0.25) is 19.2 Å². The molecule has 9 nitrogen and oxygen atoms in total. The molecule has 0 aliphatic carbocycles.